The normalized spacial score (nSPS) is 21.2. The van der Waals surface area contributed by atoms with Gasteiger partial charge in [0, 0.05) is 32.0 Å². The molecule has 2 heterocycles. The van der Waals surface area contributed by atoms with Gasteiger partial charge in [0.2, 0.25) is 10.0 Å². The number of aryl methyl sites for hydroxylation is 1. The summed E-state index contributed by atoms with van der Waals surface area (Å²) in [5, 5.41) is 0. The predicted molar refractivity (Wildman–Crippen MR) is 78.0 cm³/mol. The summed E-state index contributed by atoms with van der Waals surface area (Å²) in [5.74, 6) is 0.167. The van der Waals surface area contributed by atoms with E-state index < -0.39 is 10.0 Å². The van der Waals surface area contributed by atoms with Gasteiger partial charge in [0.05, 0.1) is 25.0 Å². The number of rotatable bonds is 6. The van der Waals surface area contributed by atoms with Crippen molar-refractivity contribution >= 4 is 10.0 Å². The van der Waals surface area contributed by atoms with Crippen molar-refractivity contribution in [1.29, 1.82) is 0 Å². The lowest BCUT2D eigenvalue weighted by Gasteiger charge is -2.35. The van der Waals surface area contributed by atoms with Crippen LogP contribution in [0.4, 0.5) is 0 Å². The molecule has 1 fully saturated rings. The summed E-state index contributed by atoms with van der Waals surface area (Å²) in [7, 11) is 0.364. The predicted octanol–water partition coefficient (Wildman–Crippen LogP) is 0.338. The molecule has 20 heavy (non-hydrogen) atoms. The van der Waals surface area contributed by atoms with Crippen molar-refractivity contribution in [3.05, 3.63) is 24.0 Å². The minimum absolute atomic E-state index is 0.167. The highest BCUT2D eigenvalue weighted by Crippen LogP contribution is 2.24. The van der Waals surface area contributed by atoms with Crippen molar-refractivity contribution in [2.75, 3.05) is 39.1 Å². The molecule has 2 rings (SSSR count). The monoisotopic (exact) mass is 301 g/mol. The summed E-state index contributed by atoms with van der Waals surface area (Å²) in [6.07, 6.45) is 2.65. The van der Waals surface area contributed by atoms with Crippen LogP contribution in [0.15, 0.2) is 18.3 Å². The van der Waals surface area contributed by atoms with Crippen LogP contribution in [0, 0.1) is 0 Å². The average molecular weight is 301 g/mol. The molecule has 0 saturated carbocycles. The lowest BCUT2D eigenvalue weighted by Crippen LogP contribution is -2.41. The molecule has 7 heteroatoms. The Morgan fingerprint density at radius 2 is 2.30 bits per heavy atom. The average Bonchev–Trinajstić information content (AvgIpc) is 2.85. The highest BCUT2D eigenvalue weighted by molar-refractivity contribution is 7.89. The van der Waals surface area contributed by atoms with Crippen LogP contribution >= 0.6 is 0 Å². The Hall–Kier alpha value is -0.890. The van der Waals surface area contributed by atoms with E-state index in [9.17, 15) is 8.42 Å². The topological polar surface area (TPSA) is 63.6 Å². The third-order valence-corrected chi connectivity index (χ3v) is 5.18. The molecule has 1 aliphatic rings. The Morgan fingerprint density at radius 1 is 1.50 bits per heavy atom. The molecule has 114 valence electrons. The Labute approximate surface area is 120 Å². The highest BCUT2D eigenvalue weighted by Gasteiger charge is 2.26. The molecular formula is C13H23N3O3S. The SMILES string of the molecule is CNS(=O)(=O)CCCN1CCOC[C@H]1c1cccn1C. The number of sulfonamides is 1. The molecule has 0 radical (unpaired) electrons. The fraction of sp³-hybridized carbons (Fsp3) is 0.692. The van der Waals surface area contributed by atoms with Crippen molar-refractivity contribution in [3.63, 3.8) is 0 Å². The molecule has 1 saturated heterocycles. The maximum atomic E-state index is 11.4. The van der Waals surface area contributed by atoms with Crippen LogP contribution in [0.2, 0.25) is 0 Å². The highest BCUT2D eigenvalue weighted by atomic mass is 32.2. The standard InChI is InChI=1S/C13H23N3O3S/c1-14-20(17,18)10-4-7-16-8-9-19-11-13(16)12-5-3-6-15(12)2/h3,5-6,13-14H,4,7-11H2,1-2H3/t13-/m0/s1. The number of hydrogen-bond acceptors (Lipinski definition) is 4. The van der Waals surface area contributed by atoms with Crippen molar-refractivity contribution < 1.29 is 13.2 Å². The Morgan fingerprint density at radius 3 is 2.95 bits per heavy atom. The van der Waals surface area contributed by atoms with Gasteiger partial charge in [-0.25, -0.2) is 13.1 Å². The minimum atomic E-state index is -3.11. The van der Waals surface area contributed by atoms with Crippen LogP contribution in [-0.2, 0) is 21.8 Å². The summed E-state index contributed by atoms with van der Waals surface area (Å²) < 4.78 is 32.9. The smallest absolute Gasteiger partial charge is 0.211 e. The van der Waals surface area contributed by atoms with Gasteiger partial charge in [-0.2, -0.15) is 0 Å². The molecule has 6 nitrogen and oxygen atoms in total. The van der Waals surface area contributed by atoms with E-state index in [1.165, 1.54) is 12.7 Å². The molecule has 1 N–H and O–H groups in total. The van der Waals surface area contributed by atoms with Gasteiger partial charge in [-0.15, -0.1) is 0 Å². The maximum absolute atomic E-state index is 11.4. The minimum Gasteiger partial charge on any atom is -0.378 e. The first-order valence-electron chi connectivity index (χ1n) is 6.88. The second-order valence-electron chi connectivity index (χ2n) is 5.05. The Bertz CT molecular complexity index is 527. The van der Waals surface area contributed by atoms with E-state index in [0.717, 1.165) is 13.1 Å². The Balaban J connectivity index is 1.96. The van der Waals surface area contributed by atoms with E-state index >= 15 is 0 Å². The molecule has 1 atom stereocenters. The first-order chi connectivity index (χ1) is 9.53. The second-order valence-corrected chi connectivity index (χ2v) is 7.09. The van der Waals surface area contributed by atoms with Crippen molar-refractivity contribution in [1.82, 2.24) is 14.2 Å². The first-order valence-corrected chi connectivity index (χ1v) is 8.53. The molecule has 0 amide bonds. The number of aromatic nitrogens is 1. The first kappa shape index (κ1) is 15.5. The number of nitrogens with zero attached hydrogens (tertiary/aromatic N) is 2. The largest absolute Gasteiger partial charge is 0.378 e. The summed E-state index contributed by atoms with van der Waals surface area (Å²) in [6, 6.07) is 4.32. The van der Waals surface area contributed by atoms with Crippen molar-refractivity contribution in [2.24, 2.45) is 7.05 Å². The van der Waals surface area contributed by atoms with Gasteiger partial charge in [-0.3, -0.25) is 4.90 Å². The van der Waals surface area contributed by atoms with Gasteiger partial charge in [-0.05, 0) is 25.6 Å². The zero-order chi connectivity index (χ0) is 14.6. The van der Waals surface area contributed by atoms with Crippen LogP contribution < -0.4 is 4.72 Å². The quantitative estimate of drug-likeness (QED) is 0.823. The summed E-state index contributed by atoms with van der Waals surface area (Å²) in [4.78, 5) is 2.31. The number of hydrogen-bond donors (Lipinski definition) is 1. The van der Waals surface area contributed by atoms with E-state index in [0.29, 0.717) is 19.6 Å². The third-order valence-electron chi connectivity index (χ3n) is 3.73. The molecule has 1 aliphatic heterocycles. The second kappa shape index (κ2) is 6.71. The lowest BCUT2D eigenvalue weighted by molar-refractivity contribution is -0.0107. The molecular weight excluding hydrogens is 278 g/mol. The summed E-state index contributed by atoms with van der Waals surface area (Å²) >= 11 is 0. The van der Waals surface area contributed by atoms with Gasteiger partial charge >= 0.3 is 0 Å². The number of morpholine rings is 1. The fourth-order valence-corrected chi connectivity index (χ4v) is 3.27. The molecule has 0 aromatic carbocycles. The van der Waals surface area contributed by atoms with Crippen LogP contribution in [0.1, 0.15) is 18.2 Å². The molecule has 0 aliphatic carbocycles. The fourth-order valence-electron chi connectivity index (χ4n) is 2.56. The van der Waals surface area contributed by atoms with Gasteiger partial charge in [0.25, 0.3) is 0 Å². The van der Waals surface area contributed by atoms with Crippen molar-refractivity contribution in [2.45, 2.75) is 12.5 Å². The lowest BCUT2D eigenvalue weighted by atomic mass is 10.1. The van der Waals surface area contributed by atoms with Gasteiger partial charge in [-0.1, -0.05) is 0 Å². The maximum Gasteiger partial charge on any atom is 0.211 e. The zero-order valence-electron chi connectivity index (χ0n) is 12.1. The van der Waals surface area contributed by atoms with E-state index in [4.69, 9.17) is 4.74 Å². The molecule has 1 aromatic heterocycles. The van der Waals surface area contributed by atoms with Crippen molar-refractivity contribution in [3.8, 4) is 0 Å². The molecule has 1 aromatic rings. The molecule has 0 unspecified atom stereocenters. The zero-order valence-corrected chi connectivity index (χ0v) is 12.9. The van der Waals surface area contributed by atoms with E-state index in [1.807, 2.05) is 19.3 Å². The Kier molecular flexibility index (Phi) is 5.20. The van der Waals surface area contributed by atoms with Gasteiger partial charge in [0.1, 0.15) is 0 Å². The number of ether oxygens (including phenoxy) is 1. The van der Waals surface area contributed by atoms with Crippen LogP contribution in [0.25, 0.3) is 0 Å². The summed E-state index contributed by atoms with van der Waals surface area (Å²) in [5.41, 5.74) is 1.21. The third kappa shape index (κ3) is 3.82. The van der Waals surface area contributed by atoms with Crippen LogP contribution in [0.5, 0.6) is 0 Å². The van der Waals surface area contributed by atoms with Gasteiger partial charge < -0.3 is 9.30 Å². The number of nitrogens with one attached hydrogen (secondary N) is 1. The van der Waals surface area contributed by atoms with E-state index in [2.05, 4.69) is 20.3 Å². The molecule has 0 spiro atoms. The van der Waals surface area contributed by atoms with Crippen LogP contribution in [0.3, 0.4) is 0 Å². The van der Waals surface area contributed by atoms with Gasteiger partial charge in [0.15, 0.2) is 0 Å². The van der Waals surface area contributed by atoms with Crippen LogP contribution in [-0.4, -0.2) is 57.0 Å². The van der Waals surface area contributed by atoms with E-state index in [-0.39, 0.29) is 11.8 Å². The van der Waals surface area contributed by atoms with E-state index in [1.54, 1.807) is 0 Å². The molecule has 0 bridgehead atoms. The summed E-state index contributed by atoms with van der Waals surface area (Å²) in [6.45, 7) is 2.98.